The van der Waals surface area contributed by atoms with Crippen LogP contribution in [0.1, 0.15) is 24.6 Å². The first-order chi connectivity index (χ1) is 9.21. The van der Waals surface area contributed by atoms with E-state index >= 15 is 0 Å². The van der Waals surface area contributed by atoms with Crippen LogP contribution in [-0.2, 0) is 12.3 Å². The van der Waals surface area contributed by atoms with Crippen LogP contribution in [0.5, 0.6) is 5.75 Å². The van der Waals surface area contributed by atoms with Gasteiger partial charge < -0.3 is 4.74 Å². The Morgan fingerprint density at radius 2 is 2.16 bits per heavy atom. The normalized spacial score (nSPS) is 10.7. The highest BCUT2D eigenvalue weighted by molar-refractivity contribution is 6.31. The number of ether oxygens (including phenoxy) is 1. The average Bonchev–Trinajstić information content (AvgIpc) is 2.75. The number of aromatic nitrogens is 2. The molecule has 5 heteroatoms. The Morgan fingerprint density at radius 3 is 2.79 bits per heavy atom. The van der Waals surface area contributed by atoms with Gasteiger partial charge in [-0.2, -0.15) is 5.10 Å². The summed E-state index contributed by atoms with van der Waals surface area (Å²) in [5.41, 5.74) is 2.75. The molecular formula is C14H16Cl2N2O. The van der Waals surface area contributed by atoms with E-state index in [1.54, 1.807) is 11.8 Å². The molecule has 0 saturated heterocycles. The highest BCUT2D eigenvalue weighted by Crippen LogP contribution is 2.27. The molecule has 102 valence electrons. The maximum absolute atomic E-state index is 6.37. The number of halogens is 2. The molecule has 0 amide bonds. The summed E-state index contributed by atoms with van der Waals surface area (Å²) in [7, 11) is 1.64. The molecule has 0 saturated carbocycles. The molecule has 2 aromatic rings. The molecule has 0 fully saturated rings. The average molecular weight is 299 g/mol. The van der Waals surface area contributed by atoms with Crippen LogP contribution in [0.3, 0.4) is 0 Å². The maximum Gasteiger partial charge on any atom is 0.137 e. The Bertz CT molecular complexity index is 567. The first kappa shape index (κ1) is 14.2. The van der Waals surface area contributed by atoms with Crippen molar-refractivity contribution in [3.63, 3.8) is 0 Å². The second kappa shape index (κ2) is 6.31. The number of rotatable bonds is 5. The lowest BCUT2D eigenvalue weighted by Crippen LogP contribution is -1.98. The molecule has 0 N–H and O–H groups in total. The summed E-state index contributed by atoms with van der Waals surface area (Å²) in [5.74, 6) is 1.14. The van der Waals surface area contributed by atoms with Gasteiger partial charge in [0.15, 0.2) is 0 Å². The Morgan fingerprint density at radius 1 is 1.37 bits per heavy atom. The fourth-order valence-electron chi connectivity index (χ4n) is 1.96. The van der Waals surface area contributed by atoms with Gasteiger partial charge in [-0.15, -0.1) is 11.6 Å². The van der Waals surface area contributed by atoms with E-state index in [0.29, 0.717) is 11.0 Å². The fourth-order valence-corrected chi connectivity index (χ4v) is 2.62. The minimum atomic E-state index is 0.373. The Kier molecular flexibility index (Phi) is 4.72. The van der Waals surface area contributed by atoms with Crippen LogP contribution < -0.4 is 4.74 Å². The summed E-state index contributed by atoms with van der Waals surface area (Å²) in [4.78, 5) is 0. The highest BCUT2D eigenvalue weighted by Gasteiger charge is 2.16. The summed E-state index contributed by atoms with van der Waals surface area (Å²) in [6.07, 6.45) is 1.88. The monoisotopic (exact) mass is 298 g/mol. The van der Waals surface area contributed by atoms with E-state index in [0.717, 1.165) is 35.5 Å². The zero-order chi connectivity index (χ0) is 13.8. The van der Waals surface area contributed by atoms with Gasteiger partial charge in [0.25, 0.3) is 0 Å². The number of nitrogens with zero attached hydrogens (tertiary/aromatic N) is 2. The molecule has 3 nitrogen and oxygen atoms in total. The predicted molar refractivity (Wildman–Crippen MR) is 78.7 cm³/mol. The van der Waals surface area contributed by atoms with E-state index in [9.17, 15) is 0 Å². The molecule has 0 unspecified atom stereocenters. The molecule has 2 rings (SSSR count). The number of hydrogen-bond acceptors (Lipinski definition) is 2. The van der Waals surface area contributed by atoms with E-state index in [-0.39, 0.29) is 0 Å². The summed E-state index contributed by atoms with van der Waals surface area (Å²) in [6.45, 7) is 2.11. The fraction of sp³-hybridized carbons (Fsp3) is 0.357. The van der Waals surface area contributed by atoms with E-state index in [4.69, 9.17) is 27.9 Å². The highest BCUT2D eigenvalue weighted by atomic mass is 35.5. The standard InChI is InChI=1S/C14H16Cl2N2O/c1-3-5-13-12(9-15)14(16)18(17-13)10-6-4-7-11(8-10)19-2/h4,6-8H,3,5,9H2,1-2H3. The van der Waals surface area contributed by atoms with Crippen molar-refractivity contribution in [2.45, 2.75) is 25.6 Å². The van der Waals surface area contributed by atoms with Gasteiger partial charge in [0.1, 0.15) is 10.9 Å². The number of hydrogen-bond donors (Lipinski definition) is 0. The van der Waals surface area contributed by atoms with Gasteiger partial charge >= 0.3 is 0 Å². The maximum atomic E-state index is 6.37. The smallest absolute Gasteiger partial charge is 0.137 e. The van der Waals surface area contributed by atoms with Crippen molar-refractivity contribution in [3.05, 3.63) is 40.7 Å². The Labute approximate surface area is 123 Å². The molecule has 1 aromatic carbocycles. The minimum Gasteiger partial charge on any atom is -0.497 e. The molecule has 0 aliphatic carbocycles. The van der Waals surface area contributed by atoms with Crippen molar-refractivity contribution < 1.29 is 4.74 Å². The van der Waals surface area contributed by atoms with E-state index in [2.05, 4.69) is 12.0 Å². The second-order valence-electron chi connectivity index (χ2n) is 4.21. The molecule has 0 atom stereocenters. The van der Waals surface area contributed by atoms with Crippen molar-refractivity contribution in [1.29, 1.82) is 0 Å². The van der Waals surface area contributed by atoms with Crippen LogP contribution in [0.2, 0.25) is 5.15 Å². The quantitative estimate of drug-likeness (QED) is 0.773. The lowest BCUT2D eigenvalue weighted by Gasteiger charge is -2.05. The first-order valence-electron chi connectivity index (χ1n) is 6.18. The van der Waals surface area contributed by atoms with Crippen LogP contribution in [0.4, 0.5) is 0 Å². The Hall–Kier alpha value is -1.19. The second-order valence-corrected chi connectivity index (χ2v) is 4.84. The topological polar surface area (TPSA) is 27.1 Å². The lowest BCUT2D eigenvalue weighted by molar-refractivity contribution is 0.414. The van der Waals surface area contributed by atoms with Crippen LogP contribution in [0.15, 0.2) is 24.3 Å². The number of benzene rings is 1. The number of alkyl halides is 1. The predicted octanol–water partition coefficient (Wildman–Crippen LogP) is 4.23. The molecule has 0 aliphatic rings. The van der Waals surface area contributed by atoms with Gasteiger partial charge in [-0.25, -0.2) is 4.68 Å². The van der Waals surface area contributed by atoms with Gasteiger partial charge in [0.05, 0.1) is 24.4 Å². The van der Waals surface area contributed by atoms with Gasteiger partial charge in [-0.1, -0.05) is 31.0 Å². The largest absolute Gasteiger partial charge is 0.497 e. The van der Waals surface area contributed by atoms with Crippen molar-refractivity contribution in [2.24, 2.45) is 0 Å². The molecular weight excluding hydrogens is 283 g/mol. The molecule has 0 spiro atoms. The molecule has 19 heavy (non-hydrogen) atoms. The zero-order valence-electron chi connectivity index (χ0n) is 11.0. The van der Waals surface area contributed by atoms with Crippen LogP contribution in [-0.4, -0.2) is 16.9 Å². The minimum absolute atomic E-state index is 0.373. The molecule has 0 bridgehead atoms. The molecule has 1 heterocycles. The van der Waals surface area contributed by atoms with E-state index in [1.807, 2.05) is 24.3 Å². The summed E-state index contributed by atoms with van der Waals surface area (Å²) in [5, 5.41) is 5.14. The first-order valence-corrected chi connectivity index (χ1v) is 7.09. The van der Waals surface area contributed by atoms with Crippen molar-refractivity contribution in [3.8, 4) is 11.4 Å². The summed E-state index contributed by atoms with van der Waals surface area (Å²) < 4.78 is 6.93. The van der Waals surface area contributed by atoms with Gasteiger partial charge in [0, 0.05) is 11.6 Å². The van der Waals surface area contributed by atoms with Gasteiger partial charge in [0.2, 0.25) is 0 Å². The molecule has 0 radical (unpaired) electrons. The van der Waals surface area contributed by atoms with Crippen LogP contribution in [0, 0.1) is 0 Å². The molecule has 0 aliphatic heterocycles. The third kappa shape index (κ3) is 2.88. The van der Waals surface area contributed by atoms with Crippen molar-refractivity contribution in [1.82, 2.24) is 9.78 Å². The van der Waals surface area contributed by atoms with Crippen LogP contribution >= 0.6 is 23.2 Å². The summed E-state index contributed by atoms with van der Waals surface area (Å²) >= 11 is 12.3. The summed E-state index contributed by atoms with van der Waals surface area (Å²) in [6, 6.07) is 7.63. The Balaban J connectivity index is 2.49. The van der Waals surface area contributed by atoms with Crippen molar-refractivity contribution in [2.75, 3.05) is 7.11 Å². The van der Waals surface area contributed by atoms with E-state index in [1.165, 1.54) is 0 Å². The lowest BCUT2D eigenvalue weighted by atomic mass is 10.2. The van der Waals surface area contributed by atoms with Crippen molar-refractivity contribution >= 4 is 23.2 Å². The third-order valence-corrected chi connectivity index (χ3v) is 3.58. The van der Waals surface area contributed by atoms with Crippen LogP contribution in [0.25, 0.3) is 5.69 Å². The number of aryl methyl sites for hydroxylation is 1. The zero-order valence-corrected chi connectivity index (χ0v) is 12.5. The molecule has 1 aromatic heterocycles. The van der Waals surface area contributed by atoms with Gasteiger partial charge in [-0.05, 0) is 18.6 Å². The SMILES string of the molecule is CCCc1nn(-c2cccc(OC)c2)c(Cl)c1CCl. The van der Waals surface area contributed by atoms with Gasteiger partial charge in [-0.3, -0.25) is 0 Å². The number of methoxy groups -OCH3 is 1. The van der Waals surface area contributed by atoms with E-state index < -0.39 is 0 Å². The third-order valence-electron chi connectivity index (χ3n) is 2.92.